The van der Waals surface area contributed by atoms with Crippen LogP contribution in [0.4, 0.5) is 19.0 Å². The Morgan fingerprint density at radius 3 is 2.79 bits per heavy atom. The summed E-state index contributed by atoms with van der Waals surface area (Å²) >= 11 is 0. The Labute approximate surface area is 157 Å². The number of halogens is 3. The first kappa shape index (κ1) is 18.2. The molecular weight excluding hydrogens is 375 g/mol. The molecule has 4 heterocycles. The van der Waals surface area contributed by atoms with Crippen molar-refractivity contribution >= 4 is 17.4 Å². The van der Waals surface area contributed by atoms with Crippen LogP contribution in [0.2, 0.25) is 0 Å². The van der Waals surface area contributed by atoms with Gasteiger partial charge in [-0.25, -0.2) is 15.0 Å². The van der Waals surface area contributed by atoms with Gasteiger partial charge in [-0.05, 0) is 31.0 Å². The van der Waals surface area contributed by atoms with Crippen molar-refractivity contribution in [1.82, 2.24) is 19.4 Å². The van der Waals surface area contributed by atoms with Crippen LogP contribution in [0.3, 0.4) is 0 Å². The summed E-state index contributed by atoms with van der Waals surface area (Å²) in [6.07, 6.45) is 0.755. The number of piperidine rings is 1. The van der Waals surface area contributed by atoms with E-state index >= 15 is 0 Å². The van der Waals surface area contributed by atoms with E-state index in [4.69, 9.17) is 0 Å². The van der Waals surface area contributed by atoms with E-state index in [1.54, 1.807) is 6.07 Å². The van der Waals surface area contributed by atoms with Crippen LogP contribution in [0.25, 0.3) is 17.2 Å². The van der Waals surface area contributed by atoms with Gasteiger partial charge in [-0.2, -0.15) is 13.2 Å². The predicted molar refractivity (Wildman–Crippen MR) is 93.8 cm³/mol. The van der Waals surface area contributed by atoms with Crippen LogP contribution in [0.15, 0.2) is 36.8 Å². The molecular formula is C18H16F3N5O2. The van der Waals surface area contributed by atoms with Crippen LogP contribution in [0, 0.1) is 5.92 Å². The maximum Gasteiger partial charge on any atom is 0.417 e. The number of alkyl halides is 3. The van der Waals surface area contributed by atoms with E-state index in [9.17, 15) is 23.1 Å². The van der Waals surface area contributed by atoms with Crippen LogP contribution >= 0.6 is 0 Å². The van der Waals surface area contributed by atoms with Gasteiger partial charge in [-0.1, -0.05) is 0 Å². The molecule has 1 aliphatic heterocycles. The molecule has 0 bridgehead atoms. The molecule has 0 aliphatic carbocycles. The highest BCUT2D eigenvalue weighted by atomic mass is 19.4. The number of fused-ring (bicyclic) bond motifs is 1. The average Bonchev–Trinajstić information content (AvgIpc) is 3.11. The van der Waals surface area contributed by atoms with E-state index in [2.05, 4.69) is 15.0 Å². The normalized spacial score (nSPS) is 17.8. The van der Waals surface area contributed by atoms with Crippen molar-refractivity contribution in [3.63, 3.8) is 0 Å². The lowest BCUT2D eigenvalue weighted by Gasteiger charge is -2.31. The molecule has 1 aliphatic rings. The van der Waals surface area contributed by atoms with Gasteiger partial charge in [0.2, 0.25) is 0 Å². The van der Waals surface area contributed by atoms with Gasteiger partial charge in [-0.3, -0.25) is 9.20 Å². The zero-order valence-corrected chi connectivity index (χ0v) is 14.6. The first-order chi connectivity index (χ1) is 13.3. The van der Waals surface area contributed by atoms with Crippen molar-refractivity contribution in [2.75, 3.05) is 18.0 Å². The fraction of sp³-hybridized carbons (Fsp3) is 0.333. The molecule has 146 valence electrons. The second-order valence-electron chi connectivity index (χ2n) is 6.65. The number of hydrogen-bond donors (Lipinski definition) is 1. The molecule has 0 spiro atoms. The first-order valence-electron chi connectivity index (χ1n) is 8.68. The molecule has 1 N–H and O–H groups in total. The van der Waals surface area contributed by atoms with Crippen LogP contribution in [-0.2, 0) is 11.0 Å². The molecule has 0 amide bonds. The largest absolute Gasteiger partial charge is 0.481 e. The molecule has 4 rings (SSSR count). The molecule has 0 radical (unpaired) electrons. The van der Waals surface area contributed by atoms with E-state index in [0.717, 1.165) is 18.7 Å². The quantitative estimate of drug-likeness (QED) is 0.739. The smallest absolute Gasteiger partial charge is 0.417 e. The lowest BCUT2D eigenvalue weighted by Crippen LogP contribution is -2.39. The molecule has 0 aromatic carbocycles. The Bertz CT molecular complexity index is 1030. The Hall–Kier alpha value is -3.17. The van der Waals surface area contributed by atoms with Crippen molar-refractivity contribution in [1.29, 1.82) is 0 Å². The van der Waals surface area contributed by atoms with Crippen molar-refractivity contribution in [2.45, 2.75) is 19.0 Å². The van der Waals surface area contributed by atoms with Crippen molar-refractivity contribution in [3.05, 3.63) is 42.4 Å². The third-order valence-electron chi connectivity index (χ3n) is 4.80. The fourth-order valence-electron chi connectivity index (χ4n) is 3.35. The SMILES string of the molecule is O=C(O)[C@H]1CCCN(c2ccnc(-c3cnc4ccc(C(F)(F)F)cn34)n2)C1. The summed E-state index contributed by atoms with van der Waals surface area (Å²) in [5.41, 5.74) is -0.119. The van der Waals surface area contributed by atoms with Crippen LogP contribution in [0.1, 0.15) is 18.4 Å². The fourth-order valence-corrected chi connectivity index (χ4v) is 3.35. The topological polar surface area (TPSA) is 83.6 Å². The number of carbonyl (C=O) groups is 1. The van der Waals surface area contributed by atoms with Gasteiger partial charge in [-0.15, -0.1) is 0 Å². The first-order valence-corrected chi connectivity index (χ1v) is 8.68. The van der Waals surface area contributed by atoms with Gasteiger partial charge in [0.15, 0.2) is 5.82 Å². The van der Waals surface area contributed by atoms with Gasteiger partial charge in [0.05, 0.1) is 17.7 Å². The second-order valence-corrected chi connectivity index (χ2v) is 6.65. The molecule has 28 heavy (non-hydrogen) atoms. The molecule has 0 saturated carbocycles. The summed E-state index contributed by atoms with van der Waals surface area (Å²) in [6, 6.07) is 3.93. The zero-order chi connectivity index (χ0) is 19.9. The number of anilines is 1. The standard InChI is InChI=1S/C18H16F3N5O2/c19-18(20,21)12-3-4-14-23-8-13(26(14)10-12)16-22-6-5-15(24-16)25-7-1-2-11(9-25)17(27)28/h3-6,8,10-11H,1-2,7,9H2,(H,27,28)/t11-/m0/s1. The number of aliphatic carboxylic acids is 1. The molecule has 7 nitrogen and oxygen atoms in total. The lowest BCUT2D eigenvalue weighted by atomic mass is 9.98. The minimum absolute atomic E-state index is 0.224. The molecule has 3 aromatic heterocycles. The molecule has 3 aromatic rings. The Morgan fingerprint density at radius 2 is 2.04 bits per heavy atom. The molecule has 1 saturated heterocycles. The number of nitrogens with zero attached hydrogens (tertiary/aromatic N) is 5. The second kappa shape index (κ2) is 6.77. The molecule has 1 atom stereocenters. The number of hydrogen-bond acceptors (Lipinski definition) is 5. The molecule has 0 unspecified atom stereocenters. The van der Waals surface area contributed by atoms with E-state index < -0.39 is 23.6 Å². The van der Waals surface area contributed by atoms with E-state index in [1.807, 2.05) is 4.90 Å². The highest BCUT2D eigenvalue weighted by Crippen LogP contribution is 2.30. The third-order valence-corrected chi connectivity index (χ3v) is 4.80. The molecule has 10 heteroatoms. The average molecular weight is 391 g/mol. The Morgan fingerprint density at radius 1 is 1.21 bits per heavy atom. The summed E-state index contributed by atoms with van der Waals surface area (Å²) in [5.74, 6) is -0.558. The summed E-state index contributed by atoms with van der Waals surface area (Å²) in [4.78, 5) is 25.9. The third kappa shape index (κ3) is 3.37. The number of imidazole rings is 1. The van der Waals surface area contributed by atoms with Crippen LogP contribution in [-0.4, -0.2) is 43.5 Å². The number of pyridine rings is 1. The van der Waals surface area contributed by atoms with E-state index in [0.29, 0.717) is 36.7 Å². The van der Waals surface area contributed by atoms with Gasteiger partial charge in [0.1, 0.15) is 17.2 Å². The van der Waals surface area contributed by atoms with E-state index in [1.165, 1.54) is 22.9 Å². The number of carboxylic acid groups (broad SMARTS) is 1. The van der Waals surface area contributed by atoms with Crippen LogP contribution < -0.4 is 4.90 Å². The summed E-state index contributed by atoms with van der Waals surface area (Å²) in [7, 11) is 0. The Balaban J connectivity index is 1.71. The van der Waals surface area contributed by atoms with Gasteiger partial charge >= 0.3 is 12.1 Å². The summed E-state index contributed by atoms with van der Waals surface area (Å²) < 4.78 is 40.4. The summed E-state index contributed by atoms with van der Waals surface area (Å²) in [6.45, 7) is 0.989. The maximum atomic E-state index is 13.0. The van der Waals surface area contributed by atoms with Crippen molar-refractivity contribution < 1.29 is 23.1 Å². The number of rotatable bonds is 3. The van der Waals surface area contributed by atoms with E-state index in [-0.39, 0.29) is 5.82 Å². The summed E-state index contributed by atoms with van der Waals surface area (Å²) in [5, 5.41) is 9.25. The van der Waals surface area contributed by atoms with Gasteiger partial charge in [0.25, 0.3) is 0 Å². The number of aromatic nitrogens is 4. The highest BCUT2D eigenvalue weighted by molar-refractivity contribution is 5.71. The minimum atomic E-state index is -4.47. The van der Waals surface area contributed by atoms with Gasteiger partial charge in [0, 0.05) is 25.5 Å². The number of carboxylic acids is 1. The zero-order valence-electron chi connectivity index (χ0n) is 14.6. The predicted octanol–water partition coefficient (Wildman–Crippen LogP) is 3.11. The Kier molecular flexibility index (Phi) is 4.40. The monoisotopic (exact) mass is 391 g/mol. The van der Waals surface area contributed by atoms with Crippen molar-refractivity contribution in [3.8, 4) is 11.5 Å². The van der Waals surface area contributed by atoms with Crippen molar-refractivity contribution in [2.24, 2.45) is 5.92 Å². The lowest BCUT2D eigenvalue weighted by molar-refractivity contribution is -0.142. The van der Waals surface area contributed by atoms with Gasteiger partial charge < -0.3 is 10.0 Å². The highest BCUT2D eigenvalue weighted by Gasteiger charge is 2.31. The molecule has 1 fully saturated rings. The van der Waals surface area contributed by atoms with Crippen LogP contribution in [0.5, 0.6) is 0 Å². The minimum Gasteiger partial charge on any atom is -0.481 e. The maximum absolute atomic E-state index is 13.0.